The minimum atomic E-state index is -0.340. The number of hydrogen-bond donors (Lipinski definition) is 1. The van der Waals surface area contributed by atoms with E-state index >= 15 is 0 Å². The van der Waals surface area contributed by atoms with Gasteiger partial charge in [-0.1, -0.05) is 27.2 Å². The van der Waals surface area contributed by atoms with Gasteiger partial charge in [0.2, 0.25) is 5.91 Å². The molecule has 94 valence electrons. The van der Waals surface area contributed by atoms with E-state index in [9.17, 15) is 9.18 Å². The number of benzene rings is 1. The van der Waals surface area contributed by atoms with Gasteiger partial charge in [-0.3, -0.25) is 4.79 Å². The van der Waals surface area contributed by atoms with Crippen molar-refractivity contribution in [3.05, 3.63) is 52.1 Å². The number of rotatable bonds is 4. The number of halogens is 2. The molecule has 2 rings (SSSR count). The van der Waals surface area contributed by atoms with Crippen LogP contribution in [-0.4, -0.2) is 11.1 Å². The van der Waals surface area contributed by atoms with Crippen LogP contribution < -0.4 is 5.32 Å². The lowest BCUT2D eigenvalue weighted by molar-refractivity contribution is -0.120. The van der Waals surface area contributed by atoms with Gasteiger partial charge in [0.1, 0.15) is 5.82 Å². The quantitative estimate of drug-likeness (QED) is 0.943. The predicted molar refractivity (Wildman–Crippen MR) is 66.2 cm³/mol. The van der Waals surface area contributed by atoms with E-state index in [1.54, 1.807) is 12.1 Å². The van der Waals surface area contributed by atoms with Crippen molar-refractivity contribution in [3.63, 3.8) is 0 Å². The summed E-state index contributed by atoms with van der Waals surface area (Å²) in [6.07, 6.45) is 1.69. The normalized spacial score (nSPS) is 10.3. The molecule has 4 nitrogen and oxygen atoms in total. The van der Waals surface area contributed by atoms with Crippen LogP contribution in [0.15, 0.2) is 39.5 Å². The monoisotopic (exact) mass is 312 g/mol. The molecule has 1 N–H and O–H groups in total. The molecule has 1 aromatic heterocycles. The van der Waals surface area contributed by atoms with E-state index in [1.165, 1.54) is 18.3 Å². The Labute approximate surface area is 111 Å². The van der Waals surface area contributed by atoms with Crippen molar-refractivity contribution in [1.29, 1.82) is 0 Å². The topological polar surface area (TPSA) is 55.1 Å². The summed E-state index contributed by atoms with van der Waals surface area (Å²) in [4.78, 5) is 11.7. The first-order valence-electron chi connectivity index (χ1n) is 5.25. The second kappa shape index (κ2) is 5.77. The number of amides is 1. The first-order chi connectivity index (χ1) is 8.65. The highest BCUT2D eigenvalue weighted by Gasteiger charge is 2.08. The molecule has 0 unspecified atom stereocenters. The van der Waals surface area contributed by atoms with Crippen LogP contribution in [0.1, 0.15) is 11.3 Å². The summed E-state index contributed by atoms with van der Waals surface area (Å²) in [5, 5.41) is 6.22. The lowest BCUT2D eigenvalue weighted by atomic mass is 10.1. The van der Waals surface area contributed by atoms with Crippen LogP contribution >= 0.6 is 15.9 Å². The first-order valence-corrected chi connectivity index (χ1v) is 6.04. The van der Waals surface area contributed by atoms with Crippen molar-refractivity contribution in [1.82, 2.24) is 10.5 Å². The van der Waals surface area contributed by atoms with Crippen LogP contribution in [0.4, 0.5) is 4.39 Å². The Hall–Kier alpha value is -1.69. The van der Waals surface area contributed by atoms with E-state index in [0.29, 0.717) is 10.2 Å². The zero-order valence-electron chi connectivity index (χ0n) is 9.32. The average Bonchev–Trinajstić information content (AvgIpc) is 2.83. The molecule has 1 aromatic carbocycles. The van der Waals surface area contributed by atoms with E-state index in [1.807, 2.05) is 0 Å². The van der Waals surface area contributed by atoms with Crippen molar-refractivity contribution >= 4 is 21.8 Å². The third-order valence-electron chi connectivity index (χ3n) is 2.32. The highest BCUT2D eigenvalue weighted by Crippen LogP contribution is 2.18. The van der Waals surface area contributed by atoms with Crippen LogP contribution in [0, 0.1) is 5.82 Å². The molecule has 2 aromatic rings. The van der Waals surface area contributed by atoms with Crippen LogP contribution in [0.2, 0.25) is 0 Å². The molecular formula is C12H10BrFN2O2. The molecule has 0 atom stereocenters. The highest BCUT2D eigenvalue weighted by molar-refractivity contribution is 9.10. The number of carbonyl (C=O) groups is 1. The molecule has 0 spiro atoms. The molecule has 18 heavy (non-hydrogen) atoms. The standard InChI is InChI=1S/C12H10BrFN2O2/c13-11-6-9(14)2-1-8(11)5-12(17)15-7-10-3-4-16-18-10/h1-4,6H,5,7H2,(H,15,17). The second-order valence-electron chi connectivity index (χ2n) is 3.67. The molecular weight excluding hydrogens is 303 g/mol. The summed E-state index contributed by atoms with van der Waals surface area (Å²) in [6, 6.07) is 5.91. The molecule has 0 radical (unpaired) electrons. The van der Waals surface area contributed by atoms with Crippen LogP contribution in [-0.2, 0) is 17.8 Å². The van der Waals surface area contributed by atoms with Crippen LogP contribution in [0.25, 0.3) is 0 Å². The Morgan fingerprint density at radius 3 is 2.94 bits per heavy atom. The average molecular weight is 313 g/mol. The van der Waals surface area contributed by atoms with Gasteiger partial charge in [-0.25, -0.2) is 4.39 Å². The van der Waals surface area contributed by atoms with Gasteiger partial charge in [-0.15, -0.1) is 0 Å². The Morgan fingerprint density at radius 1 is 1.44 bits per heavy atom. The molecule has 1 heterocycles. The van der Waals surface area contributed by atoms with Gasteiger partial charge >= 0.3 is 0 Å². The maximum absolute atomic E-state index is 12.9. The maximum atomic E-state index is 12.9. The van der Waals surface area contributed by atoms with Gasteiger partial charge in [0.15, 0.2) is 5.76 Å². The lowest BCUT2D eigenvalue weighted by Gasteiger charge is -2.05. The van der Waals surface area contributed by atoms with Gasteiger partial charge in [0.25, 0.3) is 0 Å². The number of hydrogen-bond acceptors (Lipinski definition) is 3. The zero-order valence-corrected chi connectivity index (χ0v) is 10.9. The zero-order chi connectivity index (χ0) is 13.0. The van der Waals surface area contributed by atoms with Crippen molar-refractivity contribution in [2.24, 2.45) is 0 Å². The third kappa shape index (κ3) is 3.40. The van der Waals surface area contributed by atoms with E-state index < -0.39 is 0 Å². The Balaban J connectivity index is 1.91. The van der Waals surface area contributed by atoms with Crippen molar-refractivity contribution in [3.8, 4) is 0 Å². The summed E-state index contributed by atoms with van der Waals surface area (Å²) in [5.74, 6) is 0.0768. The van der Waals surface area contributed by atoms with E-state index in [4.69, 9.17) is 4.52 Å². The summed E-state index contributed by atoms with van der Waals surface area (Å²) in [7, 11) is 0. The fraction of sp³-hybridized carbons (Fsp3) is 0.167. The van der Waals surface area contributed by atoms with Gasteiger partial charge in [0, 0.05) is 10.5 Å². The van der Waals surface area contributed by atoms with Crippen molar-refractivity contribution in [2.45, 2.75) is 13.0 Å². The molecule has 0 fully saturated rings. The Morgan fingerprint density at radius 2 is 2.28 bits per heavy atom. The largest absolute Gasteiger partial charge is 0.360 e. The molecule has 6 heteroatoms. The van der Waals surface area contributed by atoms with Crippen molar-refractivity contribution < 1.29 is 13.7 Å². The van der Waals surface area contributed by atoms with Gasteiger partial charge in [-0.05, 0) is 17.7 Å². The molecule has 0 saturated carbocycles. The minimum absolute atomic E-state index is 0.168. The smallest absolute Gasteiger partial charge is 0.224 e. The van der Waals surface area contributed by atoms with E-state index in [2.05, 4.69) is 26.4 Å². The first kappa shape index (κ1) is 12.8. The van der Waals surface area contributed by atoms with E-state index in [0.717, 1.165) is 5.56 Å². The fourth-order valence-corrected chi connectivity index (χ4v) is 1.91. The Kier molecular flexibility index (Phi) is 4.09. The maximum Gasteiger partial charge on any atom is 0.224 e. The summed E-state index contributed by atoms with van der Waals surface area (Å²) < 4.78 is 18.3. The highest BCUT2D eigenvalue weighted by atomic mass is 79.9. The minimum Gasteiger partial charge on any atom is -0.360 e. The van der Waals surface area contributed by atoms with Crippen LogP contribution in [0.5, 0.6) is 0 Å². The summed E-state index contributed by atoms with van der Waals surface area (Å²) >= 11 is 3.22. The molecule has 0 aliphatic rings. The molecule has 0 aliphatic carbocycles. The van der Waals surface area contributed by atoms with Gasteiger partial charge < -0.3 is 9.84 Å². The summed E-state index contributed by atoms with van der Waals surface area (Å²) in [6.45, 7) is 0.289. The van der Waals surface area contributed by atoms with Crippen LogP contribution in [0.3, 0.4) is 0 Å². The van der Waals surface area contributed by atoms with Gasteiger partial charge in [0.05, 0.1) is 19.2 Å². The third-order valence-corrected chi connectivity index (χ3v) is 3.06. The molecule has 0 aliphatic heterocycles. The summed E-state index contributed by atoms with van der Waals surface area (Å²) in [5.41, 5.74) is 0.728. The molecule has 0 bridgehead atoms. The second-order valence-corrected chi connectivity index (χ2v) is 4.52. The number of carbonyl (C=O) groups excluding carboxylic acids is 1. The molecule has 0 saturated heterocycles. The fourth-order valence-electron chi connectivity index (χ4n) is 1.42. The molecule has 1 amide bonds. The SMILES string of the molecule is O=C(Cc1ccc(F)cc1Br)NCc1ccno1. The number of nitrogens with one attached hydrogen (secondary N) is 1. The lowest BCUT2D eigenvalue weighted by Crippen LogP contribution is -2.24. The predicted octanol–water partition coefficient (Wildman–Crippen LogP) is 2.44. The van der Waals surface area contributed by atoms with Crippen molar-refractivity contribution in [2.75, 3.05) is 0 Å². The van der Waals surface area contributed by atoms with E-state index in [-0.39, 0.29) is 24.7 Å². The van der Waals surface area contributed by atoms with Gasteiger partial charge in [-0.2, -0.15) is 0 Å². The number of nitrogens with zero attached hydrogens (tertiary/aromatic N) is 1. The number of aromatic nitrogens is 1. The Bertz CT molecular complexity index is 543.